The van der Waals surface area contributed by atoms with Crippen LogP contribution in [0.3, 0.4) is 0 Å². The first-order chi connectivity index (χ1) is 10.3. The normalized spacial score (nSPS) is 18.9. The van der Waals surface area contributed by atoms with Gasteiger partial charge in [0.1, 0.15) is 0 Å². The van der Waals surface area contributed by atoms with Crippen molar-refractivity contribution in [2.24, 2.45) is 0 Å². The Balaban J connectivity index is 0.00000176. The largest absolute Gasteiger partial charge is 0.339 e. The fraction of sp³-hybridized carbons (Fsp3) is 0.467. The van der Waals surface area contributed by atoms with E-state index in [4.69, 9.17) is 16.1 Å². The molecule has 1 aliphatic heterocycles. The summed E-state index contributed by atoms with van der Waals surface area (Å²) in [6.45, 7) is 5.53. The second-order valence-electron chi connectivity index (χ2n) is 5.20. The first kappa shape index (κ1) is 17.2. The third-order valence-corrected chi connectivity index (χ3v) is 3.98. The van der Waals surface area contributed by atoms with E-state index >= 15 is 0 Å². The number of rotatable bonds is 4. The van der Waals surface area contributed by atoms with E-state index in [1.54, 1.807) is 0 Å². The van der Waals surface area contributed by atoms with Gasteiger partial charge >= 0.3 is 0 Å². The molecule has 7 heteroatoms. The molecule has 1 N–H and O–H groups in total. The van der Waals surface area contributed by atoms with Gasteiger partial charge in [0.05, 0.1) is 6.54 Å². The predicted molar refractivity (Wildman–Crippen MR) is 88.4 cm³/mol. The Hall–Kier alpha value is -1.14. The Bertz CT molecular complexity index is 605. The second-order valence-corrected chi connectivity index (χ2v) is 5.64. The smallest absolute Gasteiger partial charge is 0.226 e. The molecule has 2 aromatic rings. The minimum atomic E-state index is 0. The number of nitrogens with zero attached hydrogens (tertiary/aromatic N) is 3. The lowest BCUT2D eigenvalue weighted by atomic mass is 10.0. The molecule has 0 amide bonds. The predicted octanol–water partition coefficient (Wildman–Crippen LogP) is 2.85. The first-order valence-electron chi connectivity index (χ1n) is 7.28. The van der Waals surface area contributed by atoms with Crippen molar-refractivity contribution < 1.29 is 4.52 Å². The molecule has 0 saturated carbocycles. The number of benzene rings is 1. The lowest BCUT2D eigenvalue weighted by molar-refractivity contribution is 0.148. The molecule has 1 saturated heterocycles. The summed E-state index contributed by atoms with van der Waals surface area (Å²) in [5.41, 5.74) is 1.22. The summed E-state index contributed by atoms with van der Waals surface area (Å²) in [4.78, 5) is 6.77. The average molecular weight is 343 g/mol. The van der Waals surface area contributed by atoms with Gasteiger partial charge in [0, 0.05) is 37.1 Å². The van der Waals surface area contributed by atoms with Crippen LogP contribution in [0, 0.1) is 0 Å². The summed E-state index contributed by atoms with van der Waals surface area (Å²) in [5, 5.41) is 8.26. The minimum Gasteiger partial charge on any atom is -0.339 e. The van der Waals surface area contributed by atoms with Gasteiger partial charge in [-0.15, -0.1) is 12.4 Å². The van der Waals surface area contributed by atoms with Crippen molar-refractivity contribution in [3.8, 4) is 0 Å². The average Bonchev–Trinajstić information content (AvgIpc) is 2.95. The zero-order chi connectivity index (χ0) is 14.7. The maximum absolute atomic E-state index is 6.12. The van der Waals surface area contributed by atoms with Crippen molar-refractivity contribution >= 4 is 24.0 Å². The van der Waals surface area contributed by atoms with E-state index in [9.17, 15) is 0 Å². The Morgan fingerprint density at radius 1 is 1.45 bits per heavy atom. The molecule has 22 heavy (non-hydrogen) atoms. The highest BCUT2D eigenvalue weighted by atomic mass is 35.5. The van der Waals surface area contributed by atoms with Crippen molar-refractivity contribution in [3.63, 3.8) is 0 Å². The monoisotopic (exact) mass is 342 g/mol. The zero-order valence-electron chi connectivity index (χ0n) is 12.5. The molecule has 5 nitrogen and oxygen atoms in total. The summed E-state index contributed by atoms with van der Waals surface area (Å²) in [5.74, 6) is 1.44. The third kappa shape index (κ3) is 3.98. The standard InChI is InChI=1S/C15H19ClN4O.ClH/c1-2-15-18-14(19-21-15)10-20-7-6-17-9-13(20)11-4-3-5-12(16)8-11;/h3-5,8,13,17H,2,6-7,9-10H2,1H3;1H. The van der Waals surface area contributed by atoms with Gasteiger partial charge in [-0.05, 0) is 17.7 Å². The molecular formula is C15H20Cl2N4O. The van der Waals surface area contributed by atoms with Gasteiger partial charge in [0.15, 0.2) is 5.82 Å². The quantitative estimate of drug-likeness (QED) is 0.925. The molecule has 1 atom stereocenters. The molecule has 1 fully saturated rings. The molecule has 1 aliphatic rings. The van der Waals surface area contributed by atoms with Crippen molar-refractivity contribution in [2.75, 3.05) is 19.6 Å². The van der Waals surface area contributed by atoms with Gasteiger partial charge in [-0.2, -0.15) is 4.98 Å². The van der Waals surface area contributed by atoms with Gasteiger partial charge in [0.2, 0.25) is 5.89 Å². The van der Waals surface area contributed by atoms with Crippen LogP contribution in [0.1, 0.15) is 30.2 Å². The molecule has 0 spiro atoms. The Labute approximate surface area is 141 Å². The van der Waals surface area contributed by atoms with Crippen molar-refractivity contribution in [2.45, 2.75) is 25.9 Å². The van der Waals surface area contributed by atoms with Gasteiger partial charge < -0.3 is 9.84 Å². The third-order valence-electron chi connectivity index (χ3n) is 3.74. The van der Waals surface area contributed by atoms with E-state index in [2.05, 4.69) is 26.4 Å². The van der Waals surface area contributed by atoms with Gasteiger partial charge in [0.25, 0.3) is 0 Å². The lowest BCUT2D eigenvalue weighted by Crippen LogP contribution is -2.45. The van der Waals surface area contributed by atoms with Gasteiger partial charge in [-0.25, -0.2) is 0 Å². The van der Waals surface area contributed by atoms with E-state index in [1.165, 1.54) is 5.56 Å². The number of aryl methyl sites for hydroxylation is 1. The van der Waals surface area contributed by atoms with Crippen LogP contribution in [0.5, 0.6) is 0 Å². The number of hydrogen-bond acceptors (Lipinski definition) is 5. The van der Waals surface area contributed by atoms with Crippen LogP contribution >= 0.6 is 24.0 Å². The summed E-state index contributed by atoms with van der Waals surface area (Å²) in [7, 11) is 0. The highest BCUT2D eigenvalue weighted by Crippen LogP contribution is 2.25. The molecular weight excluding hydrogens is 323 g/mol. The van der Waals surface area contributed by atoms with Gasteiger partial charge in [-0.3, -0.25) is 4.90 Å². The van der Waals surface area contributed by atoms with Crippen molar-refractivity contribution in [3.05, 3.63) is 46.6 Å². The number of piperazine rings is 1. The SMILES string of the molecule is CCc1nc(CN2CCNCC2c2cccc(Cl)c2)no1.Cl. The molecule has 0 aliphatic carbocycles. The van der Waals surface area contributed by atoms with Crippen LogP contribution in [-0.4, -0.2) is 34.7 Å². The van der Waals surface area contributed by atoms with Crippen molar-refractivity contribution in [1.29, 1.82) is 0 Å². The topological polar surface area (TPSA) is 54.2 Å². The van der Waals surface area contributed by atoms with E-state index in [0.29, 0.717) is 12.4 Å². The second kappa shape index (κ2) is 7.92. The number of aromatic nitrogens is 2. The zero-order valence-corrected chi connectivity index (χ0v) is 14.0. The summed E-state index contributed by atoms with van der Waals surface area (Å²) in [6, 6.07) is 8.32. The Kier molecular flexibility index (Phi) is 6.20. The molecule has 2 heterocycles. The number of nitrogens with one attached hydrogen (secondary N) is 1. The Morgan fingerprint density at radius 2 is 2.32 bits per heavy atom. The van der Waals surface area contributed by atoms with E-state index in [-0.39, 0.29) is 18.4 Å². The summed E-state index contributed by atoms with van der Waals surface area (Å²) < 4.78 is 5.19. The minimum absolute atomic E-state index is 0. The van der Waals surface area contributed by atoms with Crippen molar-refractivity contribution in [1.82, 2.24) is 20.4 Å². The molecule has 0 bridgehead atoms. The van der Waals surface area contributed by atoms with Crippen LogP contribution in [0.4, 0.5) is 0 Å². The highest BCUT2D eigenvalue weighted by Gasteiger charge is 2.25. The molecule has 3 rings (SSSR count). The Morgan fingerprint density at radius 3 is 3.05 bits per heavy atom. The van der Waals surface area contributed by atoms with Crippen LogP contribution in [0.2, 0.25) is 5.02 Å². The maximum Gasteiger partial charge on any atom is 0.226 e. The number of hydrogen-bond donors (Lipinski definition) is 1. The van der Waals surface area contributed by atoms with E-state index in [0.717, 1.165) is 36.9 Å². The lowest BCUT2D eigenvalue weighted by Gasteiger charge is -2.35. The van der Waals surface area contributed by atoms with Crippen LogP contribution in [0.25, 0.3) is 0 Å². The highest BCUT2D eigenvalue weighted by molar-refractivity contribution is 6.30. The molecule has 1 unspecified atom stereocenters. The maximum atomic E-state index is 6.12. The van der Waals surface area contributed by atoms with Gasteiger partial charge in [-0.1, -0.05) is 35.8 Å². The molecule has 120 valence electrons. The van der Waals surface area contributed by atoms with Crippen LogP contribution in [0.15, 0.2) is 28.8 Å². The summed E-state index contributed by atoms with van der Waals surface area (Å²) >= 11 is 6.12. The molecule has 1 aromatic carbocycles. The first-order valence-corrected chi connectivity index (χ1v) is 7.65. The molecule has 0 radical (unpaired) electrons. The van der Waals surface area contributed by atoms with E-state index in [1.807, 2.05) is 25.1 Å². The van der Waals surface area contributed by atoms with E-state index < -0.39 is 0 Å². The van der Waals surface area contributed by atoms with Crippen LogP contribution in [-0.2, 0) is 13.0 Å². The fourth-order valence-electron chi connectivity index (χ4n) is 2.66. The number of halogens is 2. The summed E-state index contributed by atoms with van der Waals surface area (Å²) in [6.07, 6.45) is 0.770. The molecule has 1 aromatic heterocycles. The fourth-order valence-corrected chi connectivity index (χ4v) is 2.86. The van der Waals surface area contributed by atoms with Crippen LogP contribution < -0.4 is 5.32 Å².